The van der Waals surface area contributed by atoms with Gasteiger partial charge < -0.3 is 8.98 Å². The van der Waals surface area contributed by atoms with Crippen molar-refractivity contribution in [2.75, 3.05) is 0 Å². The number of para-hydroxylation sites is 1. The summed E-state index contributed by atoms with van der Waals surface area (Å²) in [5.41, 5.74) is 2.40. The molecule has 3 aromatic rings. The van der Waals surface area contributed by atoms with Crippen LogP contribution in [0.2, 0.25) is 0 Å². The van der Waals surface area contributed by atoms with E-state index in [9.17, 15) is 4.79 Å². The van der Waals surface area contributed by atoms with Gasteiger partial charge in [-0.15, -0.1) is 0 Å². The van der Waals surface area contributed by atoms with Gasteiger partial charge in [0.15, 0.2) is 0 Å². The van der Waals surface area contributed by atoms with E-state index in [1.54, 1.807) is 0 Å². The molecule has 2 heterocycles. The molecule has 0 atom stereocenters. The monoisotopic (exact) mass is 244 g/mol. The van der Waals surface area contributed by atoms with Crippen molar-refractivity contribution >= 4 is 10.9 Å². The normalized spacial score (nSPS) is 11.2. The van der Waals surface area contributed by atoms with Gasteiger partial charge in [0.1, 0.15) is 0 Å². The summed E-state index contributed by atoms with van der Waals surface area (Å²) in [7, 11) is 2.02. The van der Waals surface area contributed by atoms with E-state index in [4.69, 9.17) is 4.42 Å². The van der Waals surface area contributed by atoms with Crippen LogP contribution in [0.3, 0.4) is 0 Å². The van der Waals surface area contributed by atoms with E-state index in [2.05, 4.69) is 32.6 Å². The number of aromatic nitrogens is 2. The predicted molar refractivity (Wildman–Crippen MR) is 65.4 cm³/mol. The van der Waals surface area contributed by atoms with E-state index in [0.29, 0.717) is 12.3 Å². The SMILES string of the molecule is Cn1cc(CCc2noc(=O)o2)c2ccccc21. The second kappa shape index (κ2) is 4.18. The zero-order valence-electron chi connectivity index (χ0n) is 9.92. The van der Waals surface area contributed by atoms with Crippen molar-refractivity contribution in [2.24, 2.45) is 7.05 Å². The predicted octanol–water partition coefficient (Wildman–Crippen LogP) is 1.90. The minimum absolute atomic E-state index is 0.341. The summed E-state index contributed by atoms with van der Waals surface area (Å²) >= 11 is 0. The Labute approximate surface area is 103 Å². The van der Waals surface area contributed by atoms with Crippen LogP contribution >= 0.6 is 0 Å². The van der Waals surface area contributed by atoms with Gasteiger partial charge in [0.05, 0.1) is 0 Å². The third kappa shape index (κ3) is 1.84. The molecule has 0 bridgehead atoms. The summed E-state index contributed by atoms with van der Waals surface area (Å²) in [5, 5.41) is 4.77. The molecule has 0 radical (unpaired) electrons. The minimum Gasteiger partial charge on any atom is -0.375 e. The van der Waals surface area contributed by atoms with E-state index in [1.807, 2.05) is 19.2 Å². The highest BCUT2D eigenvalue weighted by atomic mass is 16.6. The molecule has 0 N–H and O–H groups in total. The van der Waals surface area contributed by atoms with Crippen molar-refractivity contribution in [3.8, 4) is 0 Å². The van der Waals surface area contributed by atoms with E-state index in [-0.39, 0.29) is 0 Å². The van der Waals surface area contributed by atoms with Crippen LogP contribution in [-0.2, 0) is 19.9 Å². The molecular weight excluding hydrogens is 232 g/mol. The summed E-state index contributed by atoms with van der Waals surface area (Å²) in [6.07, 6.45) is 3.40. The van der Waals surface area contributed by atoms with Crippen LogP contribution in [0.15, 0.2) is 44.2 Å². The molecule has 5 nitrogen and oxygen atoms in total. The van der Waals surface area contributed by atoms with Gasteiger partial charge in [0.25, 0.3) is 0 Å². The van der Waals surface area contributed by atoms with Crippen LogP contribution in [0.1, 0.15) is 11.5 Å². The Bertz CT molecular complexity index is 736. The maximum atomic E-state index is 10.7. The molecule has 0 unspecified atom stereocenters. The number of aryl methyl sites for hydroxylation is 3. The molecule has 2 aromatic heterocycles. The smallest absolute Gasteiger partial charge is 0.375 e. The molecule has 0 fully saturated rings. The molecule has 0 saturated heterocycles. The Morgan fingerprint density at radius 1 is 1.28 bits per heavy atom. The highest BCUT2D eigenvalue weighted by molar-refractivity contribution is 5.83. The molecule has 0 spiro atoms. The van der Waals surface area contributed by atoms with Crippen LogP contribution in [0.5, 0.6) is 0 Å². The lowest BCUT2D eigenvalue weighted by Crippen LogP contribution is -1.91. The molecule has 0 aliphatic rings. The summed E-state index contributed by atoms with van der Waals surface area (Å²) in [6, 6.07) is 8.20. The summed E-state index contributed by atoms with van der Waals surface area (Å²) < 4.78 is 11.2. The second-order valence-electron chi connectivity index (χ2n) is 4.21. The molecular formula is C13H12N2O3. The fourth-order valence-corrected chi connectivity index (χ4v) is 2.18. The van der Waals surface area contributed by atoms with Gasteiger partial charge in [-0.2, -0.15) is 0 Å². The van der Waals surface area contributed by atoms with Crippen LogP contribution in [0.4, 0.5) is 0 Å². The zero-order valence-corrected chi connectivity index (χ0v) is 9.92. The summed E-state index contributed by atoms with van der Waals surface area (Å²) in [5.74, 6) is -0.407. The summed E-state index contributed by atoms with van der Waals surface area (Å²) in [4.78, 5) is 10.7. The average molecular weight is 244 g/mol. The number of rotatable bonds is 3. The van der Waals surface area contributed by atoms with Crippen LogP contribution in [-0.4, -0.2) is 9.72 Å². The van der Waals surface area contributed by atoms with Gasteiger partial charge in [-0.05, 0) is 23.2 Å². The maximum Gasteiger partial charge on any atom is 0.542 e. The second-order valence-corrected chi connectivity index (χ2v) is 4.21. The molecule has 0 aliphatic heterocycles. The highest BCUT2D eigenvalue weighted by Gasteiger charge is 2.08. The van der Waals surface area contributed by atoms with Crippen LogP contribution < -0.4 is 5.82 Å². The maximum absolute atomic E-state index is 10.7. The topological polar surface area (TPSA) is 61.2 Å². The number of hydrogen-bond donors (Lipinski definition) is 0. The van der Waals surface area contributed by atoms with Crippen LogP contribution in [0, 0.1) is 0 Å². The van der Waals surface area contributed by atoms with Gasteiger partial charge in [-0.3, -0.25) is 4.52 Å². The molecule has 0 amide bonds. The van der Waals surface area contributed by atoms with Crippen molar-refractivity contribution in [3.63, 3.8) is 0 Å². The fraction of sp³-hybridized carbons (Fsp3) is 0.231. The zero-order chi connectivity index (χ0) is 12.5. The third-order valence-electron chi connectivity index (χ3n) is 3.01. The number of fused-ring (bicyclic) bond motifs is 1. The number of hydrogen-bond acceptors (Lipinski definition) is 4. The van der Waals surface area contributed by atoms with Gasteiger partial charge in [0, 0.05) is 30.6 Å². The van der Waals surface area contributed by atoms with Gasteiger partial charge in [0.2, 0.25) is 5.89 Å². The number of nitrogens with zero attached hydrogens (tertiary/aromatic N) is 2. The molecule has 0 aliphatic carbocycles. The molecule has 92 valence electrons. The van der Waals surface area contributed by atoms with Gasteiger partial charge in [-0.1, -0.05) is 18.2 Å². The molecule has 5 heteroatoms. The first-order chi connectivity index (χ1) is 8.74. The lowest BCUT2D eigenvalue weighted by atomic mass is 10.1. The van der Waals surface area contributed by atoms with E-state index >= 15 is 0 Å². The average Bonchev–Trinajstić information content (AvgIpc) is 2.92. The Balaban J connectivity index is 1.89. The van der Waals surface area contributed by atoms with Crippen LogP contribution in [0.25, 0.3) is 10.9 Å². The summed E-state index contributed by atoms with van der Waals surface area (Å²) in [6.45, 7) is 0. The Morgan fingerprint density at radius 2 is 2.11 bits per heavy atom. The fourth-order valence-electron chi connectivity index (χ4n) is 2.18. The van der Waals surface area contributed by atoms with Gasteiger partial charge in [-0.25, -0.2) is 4.79 Å². The van der Waals surface area contributed by atoms with Crippen molar-refractivity contribution in [2.45, 2.75) is 12.8 Å². The van der Waals surface area contributed by atoms with Crippen molar-refractivity contribution in [1.82, 2.24) is 9.72 Å². The largest absolute Gasteiger partial charge is 0.542 e. The Kier molecular flexibility index (Phi) is 2.51. The molecule has 0 saturated carbocycles. The van der Waals surface area contributed by atoms with Crippen molar-refractivity contribution in [3.05, 3.63) is 52.5 Å². The van der Waals surface area contributed by atoms with Crippen molar-refractivity contribution in [1.29, 1.82) is 0 Å². The van der Waals surface area contributed by atoms with E-state index in [0.717, 1.165) is 6.42 Å². The van der Waals surface area contributed by atoms with E-state index < -0.39 is 5.82 Å². The number of benzene rings is 1. The first-order valence-corrected chi connectivity index (χ1v) is 5.72. The quantitative estimate of drug-likeness (QED) is 0.706. The molecule has 18 heavy (non-hydrogen) atoms. The third-order valence-corrected chi connectivity index (χ3v) is 3.01. The lowest BCUT2D eigenvalue weighted by Gasteiger charge is -1.95. The molecule has 3 rings (SSSR count). The lowest BCUT2D eigenvalue weighted by molar-refractivity contribution is 0.334. The Hall–Kier alpha value is -2.30. The van der Waals surface area contributed by atoms with Crippen molar-refractivity contribution < 1.29 is 8.94 Å². The first-order valence-electron chi connectivity index (χ1n) is 5.72. The molecule has 1 aromatic carbocycles. The van der Waals surface area contributed by atoms with E-state index in [1.165, 1.54) is 16.5 Å². The first kappa shape index (κ1) is 10.8. The minimum atomic E-state index is -0.747. The standard InChI is InChI=1S/C13H12N2O3/c1-15-8-9(10-4-2-3-5-11(10)15)6-7-12-14-18-13(16)17-12/h2-5,8H,6-7H2,1H3. The Morgan fingerprint density at radius 3 is 2.89 bits per heavy atom. The van der Waals surface area contributed by atoms with Gasteiger partial charge >= 0.3 is 5.82 Å². The highest BCUT2D eigenvalue weighted by Crippen LogP contribution is 2.21.